The molecule has 0 fully saturated rings. The van der Waals surface area contributed by atoms with Gasteiger partial charge in [0.1, 0.15) is 12.2 Å². The quantitative estimate of drug-likeness (QED) is 0.478. The number of aromatic nitrogens is 1. The Labute approximate surface area is 188 Å². The van der Waals surface area contributed by atoms with Crippen molar-refractivity contribution in [3.8, 4) is 0 Å². The minimum absolute atomic E-state index is 0.0716. The number of fused-ring (bicyclic) bond motifs is 1. The molecular weight excluding hydrogens is 420 g/mol. The molecule has 0 aliphatic carbocycles. The first-order chi connectivity index (χ1) is 14.6. The van der Waals surface area contributed by atoms with Gasteiger partial charge in [0.25, 0.3) is 0 Å². The Hall–Kier alpha value is -2.74. The van der Waals surface area contributed by atoms with Gasteiger partial charge in [0.2, 0.25) is 0 Å². The molecule has 9 heteroatoms. The lowest BCUT2D eigenvalue weighted by atomic mass is 10.1. The maximum Gasteiger partial charge on any atom is 0.407 e. The summed E-state index contributed by atoms with van der Waals surface area (Å²) in [6, 6.07) is 7.78. The lowest BCUT2D eigenvalue weighted by Crippen LogP contribution is -2.35. The maximum absolute atomic E-state index is 11.7. The van der Waals surface area contributed by atoms with Crippen molar-refractivity contribution in [3.05, 3.63) is 35.5 Å². The van der Waals surface area contributed by atoms with Gasteiger partial charge in [-0.15, -0.1) is 0 Å². The first-order valence-corrected chi connectivity index (χ1v) is 10.7. The number of benzene rings is 1. The van der Waals surface area contributed by atoms with Gasteiger partial charge in [-0.2, -0.15) is 0 Å². The van der Waals surface area contributed by atoms with Crippen molar-refractivity contribution in [1.82, 2.24) is 15.6 Å². The fourth-order valence-corrected chi connectivity index (χ4v) is 3.01. The van der Waals surface area contributed by atoms with Gasteiger partial charge in [-0.1, -0.05) is 11.6 Å². The van der Waals surface area contributed by atoms with Crippen LogP contribution in [0.2, 0.25) is 5.02 Å². The normalized spacial score (nSPS) is 12.2. The van der Waals surface area contributed by atoms with Crippen LogP contribution in [-0.4, -0.2) is 48.5 Å². The van der Waals surface area contributed by atoms with E-state index in [1.807, 2.05) is 24.3 Å². The summed E-state index contributed by atoms with van der Waals surface area (Å²) in [6.45, 7) is 8.18. The van der Waals surface area contributed by atoms with E-state index in [4.69, 9.17) is 21.1 Å². The van der Waals surface area contributed by atoms with Crippen molar-refractivity contribution in [2.75, 3.05) is 25.0 Å². The molecule has 0 spiro atoms. The first-order valence-electron chi connectivity index (χ1n) is 10.3. The third kappa shape index (κ3) is 9.29. The molecule has 1 aromatic heterocycles. The molecule has 0 saturated heterocycles. The third-order valence-electron chi connectivity index (χ3n) is 4.19. The van der Waals surface area contributed by atoms with Crippen LogP contribution in [0.15, 0.2) is 30.5 Å². The number of nitrogens with one attached hydrogen (secondary N) is 3. The standard InChI is InChI=1S/C22H31ClN4O4/c1-15(27-18-9-11-24-19-14-16(23)7-8-17(18)19)6-5-10-25-20(28)30-13-12-26-21(29)31-22(2,3)4/h7-9,11,14-15H,5-6,10,12-13H2,1-4H3,(H,24,27)(H,25,28)(H,26,29). The highest BCUT2D eigenvalue weighted by Gasteiger charge is 2.15. The fraction of sp³-hybridized carbons (Fsp3) is 0.500. The van der Waals surface area contributed by atoms with Gasteiger partial charge in [0, 0.05) is 34.9 Å². The van der Waals surface area contributed by atoms with E-state index in [1.165, 1.54) is 0 Å². The van der Waals surface area contributed by atoms with E-state index in [0.29, 0.717) is 11.6 Å². The number of anilines is 1. The molecule has 2 aromatic rings. The van der Waals surface area contributed by atoms with E-state index >= 15 is 0 Å². The van der Waals surface area contributed by atoms with Gasteiger partial charge in [0.15, 0.2) is 0 Å². The zero-order valence-corrected chi connectivity index (χ0v) is 19.2. The predicted octanol–water partition coefficient (Wildman–Crippen LogP) is 4.72. The Morgan fingerprint density at radius 2 is 1.87 bits per heavy atom. The van der Waals surface area contributed by atoms with E-state index in [9.17, 15) is 9.59 Å². The highest BCUT2D eigenvalue weighted by atomic mass is 35.5. The summed E-state index contributed by atoms with van der Waals surface area (Å²) >= 11 is 6.03. The summed E-state index contributed by atoms with van der Waals surface area (Å²) in [4.78, 5) is 27.6. The van der Waals surface area contributed by atoms with Crippen molar-refractivity contribution < 1.29 is 19.1 Å². The molecule has 8 nitrogen and oxygen atoms in total. The molecule has 31 heavy (non-hydrogen) atoms. The summed E-state index contributed by atoms with van der Waals surface area (Å²) in [6.07, 6.45) is 2.35. The Balaban J connectivity index is 1.61. The second kappa shape index (κ2) is 11.6. The Bertz CT molecular complexity index is 885. The van der Waals surface area contributed by atoms with Crippen molar-refractivity contribution in [2.24, 2.45) is 0 Å². The van der Waals surface area contributed by atoms with Crippen LogP contribution < -0.4 is 16.0 Å². The van der Waals surface area contributed by atoms with Crippen molar-refractivity contribution in [1.29, 1.82) is 0 Å². The van der Waals surface area contributed by atoms with Crippen LogP contribution in [0.4, 0.5) is 15.3 Å². The lowest BCUT2D eigenvalue weighted by molar-refractivity contribution is 0.0512. The Kier molecular flexibility index (Phi) is 9.18. The van der Waals surface area contributed by atoms with Crippen LogP contribution in [0, 0.1) is 0 Å². The van der Waals surface area contributed by atoms with Gasteiger partial charge in [-0.3, -0.25) is 4.98 Å². The minimum Gasteiger partial charge on any atom is -0.448 e. The molecule has 0 saturated carbocycles. The number of alkyl carbamates (subject to hydrolysis) is 2. The second-order valence-electron chi connectivity index (χ2n) is 8.20. The minimum atomic E-state index is -0.563. The number of carbonyl (C=O) groups excluding carboxylic acids is 2. The van der Waals surface area contributed by atoms with Crippen molar-refractivity contribution >= 4 is 40.4 Å². The summed E-state index contributed by atoms with van der Waals surface area (Å²) in [7, 11) is 0. The fourth-order valence-electron chi connectivity index (χ4n) is 2.85. The molecule has 2 amide bonds. The summed E-state index contributed by atoms with van der Waals surface area (Å²) < 4.78 is 10.1. The van der Waals surface area contributed by atoms with Crippen LogP contribution in [0.1, 0.15) is 40.5 Å². The number of halogens is 1. The average Bonchev–Trinajstić information content (AvgIpc) is 2.67. The molecule has 170 valence electrons. The Morgan fingerprint density at radius 3 is 2.61 bits per heavy atom. The first kappa shape index (κ1) is 24.5. The van der Waals surface area contributed by atoms with Gasteiger partial charge >= 0.3 is 12.2 Å². The number of pyridine rings is 1. The van der Waals surface area contributed by atoms with Crippen molar-refractivity contribution in [3.63, 3.8) is 0 Å². The number of amides is 2. The van der Waals surface area contributed by atoms with Crippen LogP contribution in [0.3, 0.4) is 0 Å². The number of hydrogen-bond acceptors (Lipinski definition) is 6. The summed E-state index contributed by atoms with van der Waals surface area (Å²) in [5, 5.41) is 10.4. The molecule has 0 aliphatic heterocycles. The zero-order valence-electron chi connectivity index (χ0n) is 18.5. The van der Waals surface area contributed by atoms with Gasteiger partial charge in [-0.05, 0) is 64.8 Å². The highest BCUT2D eigenvalue weighted by Crippen LogP contribution is 2.25. The second-order valence-corrected chi connectivity index (χ2v) is 8.64. The van der Waals surface area contributed by atoms with E-state index < -0.39 is 17.8 Å². The van der Waals surface area contributed by atoms with E-state index in [2.05, 4.69) is 27.9 Å². The smallest absolute Gasteiger partial charge is 0.407 e. The van der Waals surface area contributed by atoms with E-state index in [0.717, 1.165) is 29.4 Å². The maximum atomic E-state index is 11.7. The molecule has 1 atom stereocenters. The van der Waals surface area contributed by atoms with E-state index in [-0.39, 0.29) is 19.2 Å². The van der Waals surface area contributed by atoms with Crippen molar-refractivity contribution in [2.45, 2.75) is 52.2 Å². The zero-order chi connectivity index (χ0) is 22.9. The van der Waals surface area contributed by atoms with Gasteiger partial charge in [-0.25, -0.2) is 9.59 Å². The molecule has 1 heterocycles. The average molecular weight is 451 g/mol. The third-order valence-corrected chi connectivity index (χ3v) is 4.43. The largest absolute Gasteiger partial charge is 0.448 e. The number of nitrogens with zero attached hydrogens (tertiary/aromatic N) is 1. The Morgan fingerprint density at radius 1 is 1.13 bits per heavy atom. The molecule has 0 bridgehead atoms. The van der Waals surface area contributed by atoms with Gasteiger partial charge in [0.05, 0.1) is 12.1 Å². The van der Waals surface area contributed by atoms with Crippen LogP contribution in [0.25, 0.3) is 10.9 Å². The SMILES string of the molecule is CC(CCCNC(=O)OCCNC(=O)OC(C)(C)C)Nc1ccnc2cc(Cl)ccc12. The number of ether oxygens (including phenoxy) is 2. The number of carbonyl (C=O) groups is 2. The van der Waals surface area contributed by atoms with E-state index in [1.54, 1.807) is 27.0 Å². The predicted molar refractivity (Wildman–Crippen MR) is 123 cm³/mol. The number of hydrogen-bond donors (Lipinski definition) is 3. The van der Waals surface area contributed by atoms with Crippen LogP contribution in [-0.2, 0) is 9.47 Å². The summed E-state index contributed by atoms with van der Waals surface area (Å²) in [5.41, 5.74) is 1.28. The summed E-state index contributed by atoms with van der Waals surface area (Å²) in [5.74, 6) is 0. The molecule has 2 rings (SSSR count). The van der Waals surface area contributed by atoms with Crippen LogP contribution >= 0.6 is 11.6 Å². The highest BCUT2D eigenvalue weighted by molar-refractivity contribution is 6.31. The molecule has 1 unspecified atom stereocenters. The molecule has 3 N–H and O–H groups in total. The molecule has 0 radical (unpaired) electrons. The molecule has 0 aliphatic rings. The monoisotopic (exact) mass is 450 g/mol. The van der Waals surface area contributed by atoms with Gasteiger partial charge < -0.3 is 25.4 Å². The molecular formula is C22H31ClN4O4. The lowest BCUT2D eigenvalue weighted by Gasteiger charge is -2.19. The van der Waals surface area contributed by atoms with Crippen LogP contribution in [0.5, 0.6) is 0 Å². The molecule has 1 aromatic carbocycles. The topological polar surface area (TPSA) is 102 Å². The number of rotatable bonds is 9.